The van der Waals surface area contributed by atoms with Gasteiger partial charge in [0.05, 0.1) is 24.1 Å². The number of pyridine rings is 1. The Balaban J connectivity index is 1.26. The Hall–Kier alpha value is -4.11. The zero-order valence-corrected chi connectivity index (χ0v) is 24.1. The highest BCUT2D eigenvalue weighted by atomic mass is 19.1. The molecule has 4 fully saturated rings. The number of terminal acetylenes is 1. The number of phenols is 1. The summed E-state index contributed by atoms with van der Waals surface area (Å²) in [6.07, 6.45) is 8.71. The molecule has 4 saturated heterocycles. The Morgan fingerprint density at radius 3 is 2.84 bits per heavy atom. The molecule has 6 heterocycles. The summed E-state index contributed by atoms with van der Waals surface area (Å²) >= 11 is 0. The number of alkyl halides is 1. The van der Waals surface area contributed by atoms with E-state index in [9.17, 15) is 9.50 Å². The Morgan fingerprint density at radius 2 is 2.02 bits per heavy atom. The number of morpholine rings is 1. The fraction of sp³-hybridized carbons (Fsp3) is 0.424. The lowest BCUT2D eigenvalue weighted by Crippen LogP contribution is -2.63. The van der Waals surface area contributed by atoms with E-state index in [4.69, 9.17) is 20.9 Å². The average molecular weight is 599 g/mol. The first-order chi connectivity index (χ1) is 21.4. The van der Waals surface area contributed by atoms with Crippen molar-refractivity contribution in [3.05, 3.63) is 47.9 Å². The van der Waals surface area contributed by atoms with Gasteiger partial charge in [-0.3, -0.25) is 9.88 Å². The number of benzene rings is 2. The molecule has 0 radical (unpaired) electrons. The van der Waals surface area contributed by atoms with E-state index in [1.807, 2.05) is 6.07 Å². The van der Waals surface area contributed by atoms with Gasteiger partial charge < -0.3 is 24.8 Å². The van der Waals surface area contributed by atoms with Crippen molar-refractivity contribution in [2.45, 2.75) is 43.1 Å². The lowest BCUT2D eigenvalue weighted by Gasteiger charge is -2.42. The van der Waals surface area contributed by atoms with Gasteiger partial charge in [-0.15, -0.1) is 6.42 Å². The molecule has 2 bridgehead atoms. The number of phenolic OH excluding ortho intramolecular Hbond substituents is 1. The van der Waals surface area contributed by atoms with Crippen molar-refractivity contribution in [1.82, 2.24) is 25.2 Å². The quantitative estimate of drug-likeness (QED) is 0.333. The number of hydrogen-bond donors (Lipinski definition) is 2. The van der Waals surface area contributed by atoms with Crippen LogP contribution in [0.2, 0.25) is 0 Å². The Kier molecular flexibility index (Phi) is 6.55. The smallest absolute Gasteiger partial charge is 0.319 e. The van der Waals surface area contributed by atoms with Crippen molar-refractivity contribution < 1.29 is 23.4 Å². The summed E-state index contributed by atoms with van der Waals surface area (Å²) in [5, 5.41) is 15.8. The minimum atomic E-state index is -0.898. The summed E-state index contributed by atoms with van der Waals surface area (Å²) in [5.74, 6) is 2.50. The molecule has 44 heavy (non-hydrogen) atoms. The molecule has 4 aliphatic heterocycles. The van der Waals surface area contributed by atoms with Gasteiger partial charge in [-0.2, -0.15) is 9.97 Å². The number of ether oxygens (including phenoxy) is 2. The Bertz CT molecular complexity index is 1820. The van der Waals surface area contributed by atoms with Gasteiger partial charge in [0.2, 0.25) is 0 Å². The summed E-state index contributed by atoms with van der Waals surface area (Å²) in [7, 11) is 0. The van der Waals surface area contributed by atoms with Crippen molar-refractivity contribution >= 4 is 27.5 Å². The molecular formula is C33H32F2N6O3. The minimum absolute atomic E-state index is 0.0129. The van der Waals surface area contributed by atoms with Crippen LogP contribution >= 0.6 is 0 Å². The van der Waals surface area contributed by atoms with Gasteiger partial charge >= 0.3 is 6.01 Å². The number of aromatic hydroxyl groups is 1. The molecule has 0 saturated carbocycles. The lowest BCUT2D eigenvalue weighted by atomic mass is 9.95. The molecule has 0 aliphatic carbocycles. The molecule has 2 aromatic carbocycles. The molecule has 0 amide bonds. The maximum absolute atomic E-state index is 16.8. The van der Waals surface area contributed by atoms with Crippen LogP contribution in [0.1, 0.15) is 24.8 Å². The topological polar surface area (TPSA) is 95.9 Å². The summed E-state index contributed by atoms with van der Waals surface area (Å²) in [6, 6.07) is 8.67. The number of aromatic nitrogens is 3. The van der Waals surface area contributed by atoms with E-state index in [0.717, 1.165) is 19.4 Å². The predicted molar refractivity (Wildman–Crippen MR) is 162 cm³/mol. The van der Waals surface area contributed by atoms with Crippen LogP contribution in [0.4, 0.5) is 14.6 Å². The molecule has 4 aromatic rings. The number of halogens is 2. The highest BCUT2D eigenvalue weighted by Gasteiger charge is 2.49. The maximum Gasteiger partial charge on any atom is 0.319 e. The van der Waals surface area contributed by atoms with Gasteiger partial charge in [-0.05, 0) is 43.0 Å². The van der Waals surface area contributed by atoms with Crippen molar-refractivity contribution in [3.63, 3.8) is 0 Å². The van der Waals surface area contributed by atoms with Crippen molar-refractivity contribution in [2.24, 2.45) is 0 Å². The highest BCUT2D eigenvalue weighted by molar-refractivity contribution is 6.02. The normalized spacial score (nSPS) is 26.7. The highest BCUT2D eigenvalue weighted by Crippen LogP contribution is 2.41. The van der Waals surface area contributed by atoms with Gasteiger partial charge in [-0.1, -0.05) is 18.1 Å². The monoisotopic (exact) mass is 598 g/mol. The molecular weight excluding hydrogens is 566 g/mol. The van der Waals surface area contributed by atoms with Gasteiger partial charge in [0, 0.05) is 60.8 Å². The van der Waals surface area contributed by atoms with Crippen LogP contribution in [0.25, 0.3) is 32.9 Å². The van der Waals surface area contributed by atoms with E-state index < -0.39 is 17.5 Å². The summed E-state index contributed by atoms with van der Waals surface area (Å²) in [5.41, 5.74) is 0.586. The third kappa shape index (κ3) is 4.51. The van der Waals surface area contributed by atoms with Crippen molar-refractivity contribution in [2.75, 3.05) is 50.9 Å². The van der Waals surface area contributed by atoms with E-state index in [1.54, 1.807) is 24.4 Å². The first-order valence-corrected chi connectivity index (χ1v) is 15.1. The van der Waals surface area contributed by atoms with Crippen LogP contribution in [-0.2, 0) is 4.74 Å². The van der Waals surface area contributed by atoms with Crippen LogP contribution in [0.5, 0.6) is 11.8 Å². The molecule has 4 atom stereocenters. The second-order valence-electron chi connectivity index (χ2n) is 12.4. The van der Waals surface area contributed by atoms with E-state index in [1.165, 1.54) is 6.07 Å². The molecule has 226 valence electrons. The van der Waals surface area contributed by atoms with Crippen molar-refractivity contribution in [1.29, 1.82) is 0 Å². The number of fused-ring (bicyclic) bond motifs is 5. The minimum Gasteiger partial charge on any atom is -0.508 e. The number of nitrogens with zero attached hydrogens (tertiary/aromatic N) is 5. The first-order valence-electron chi connectivity index (χ1n) is 15.1. The van der Waals surface area contributed by atoms with Crippen LogP contribution in [0.15, 0.2) is 36.5 Å². The number of nitrogens with one attached hydrogen (secondary N) is 1. The summed E-state index contributed by atoms with van der Waals surface area (Å²) in [4.78, 5) is 18.3. The zero-order valence-electron chi connectivity index (χ0n) is 24.1. The number of anilines is 1. The SMILES string of the molecule is C#Cc1cccc2cc(O)cc(-c3ncc4c(N5CC6COCC(C5)N6)nc(OC[C@@]56CCCN5C[C@H](F)C6)nc4c3F)c12. The Labute approximate surface area is 253 Å². The number of piperazine rings is 1. The lowest BCUT2D eigenvalue weighted by molar-refractivity contribution is 0.0374. The summed E-state index contributed by atoms with van der Waals surface area (Å²) < 4.78 is 43.2. The van der Waals surface area contributed by atoms with Gasteiger partial charge in [0.15, 0.2) is 5.82 Å². The molecule has 2 N–H and O–H groups in total. The number of rotatable bonds is 5. The van der Waals surface area contributed by atoms with E-state index in [-0.39, 0.29) is 41.7 Å². The standard InChI is InChI=1S/C33H32F2N6O3/c1-2-19-5-3-6-20-9-24(42)10-25(27(19)20)29-28(35)30-26(12-36-29)31(40-14-22-16-43-17-23(15-40)37-22)39-32(38-30)44-18-33-7-4-8-41(33)13-21(34)11-33/h1,3,5-6,9-10,12,21-23,37,42H,4,7-8,11,13-18H2/t21-,22?,23?,33+/m1/s1. The van der Waals surface area contributed by atoms with Crippen LogP contribution < -0.4 is 15.0 Å². The van der Waals surface area contributed by atoms with Crippen LogP contribution in [0.3, 0.4) is 0 Å². The van der Waals surface area contributed by atoms with Crippen molar-refractivity contribution in [3.8, 4) is 35.4 Å². The molecule has 11 heteroatoms. The van der Waals surface area contributed by atoms with E-state index >= 15 is 4.39 Å². The third-order valence-corrected chi connectivity index (χ3v) is 9.54. The largest absolute Gasteiger partial charge is 0.508 e. The summed E-state index contributed by atoms with van der Waals surface area (Å²) in [6.45, 7) is 3.81. The predicted octanol–water partition coefficient (Wildman–Crippen LogP) is 3.80. The van der Waals surface area contributed by atoms with Gasteiger partial charge in [-0.25, -0.2) is 8.78 Å². The maximum atomic E-state index is 16.8. The molecule has 4 aliphatic rings. The average Bonchev–Trinajstić information content (AvgIpc) is 3.54. The molecule has 2 aromatic heterocycles. The first kappa shape index (κ1) is 27.4. The number of hydrogen-bond acceptors (Lipinski definition) is 9. The van der Waals surface area contributed by atoms with E-state index in [2.05, 4.69) is 31.0 Å². The van der Waals surface area contributed by atoms with Gasteiger partial charge in [0.1, 0.15) is 35.6 Å². The molecule has 9 nitrogen and oxygen atoms in total. The second-order valence-corrected chi connectivity index (χ2v) is 12.4. The van der Waals surface area contributed by atoms with Crippen LogP contribution in [0, 0.1) is 18.2 Å². The molecule has 0 spiro atoms. The molecule has 2 unspecified atom stereocenters. The third-order valence-electron chi connectivity index (χ3n) is 9.54. The van der Waals surface area contributed by atoms with Crippen LogP contribution in [-0.4, -0.2) is 94.8 Å². The fourth-order valence-electron chi connectivity index (χ4n) is 7.65. The fourth-order valence-corrected chi connectivity index (χ4v) is 7.65. The second kappa shape index (κ2) is 10.5. The Morgan fingerprint density at radius 1 is 1.18 bits per heavy atom. The zero-order chi connectivity index (χ0) is 30.0. The van der Waals surface area contributed by atoms with Gasteiger partial charge in [0.25, 0.3) is 0 Å². The molecule has 8 rings (SSSR count). The van der Waals surface area contributed by atoms with E-state index in [0.29, 0.717) is 72.4 Å².